The number of phenols is 2. The number of aliphatic hydroxyl groups excluding tert-OH is 1. The Labute approximate surface area is 258 Å². The molecule has 2 fully saturated rings. The molecule has 2 aliphatic heterocycles. The number of carbonyl (C=O) groups is 3. The first-order valence-electron chi connectivity index (χ1n) is 15.1. The molecule has 0 saturated carbocycles. The Bertz CT molecular complexity index is 1520. The first-order valence-corrected chi connectivity index (χ1v) is 15.1. The molecule has 242 valence electrons. The fraction of sp³-hybridized carbons (Fsp3) is 0.531. The molecule has 6 N–H and O–H groups in total. The Kier molecular flexibility index (Phi) is 8.46. The first-order chi connectivity index (χ1) is 21.5. The summed E-state index contributed by atoms with van der Waals surface area (Å²) in [6.45, 7) is 1.35. The maximum absolute atomic E-state index is 13.8. The maximum atomic E-state index is 13.8. The van der Waals surface area contributed by atoms with Crippen LogP contribution in [0.5, 0.6) is 17.2 Å². The van der Waals surface area contributed by atoms with Crippen molar-refractivity contribution in [1.82, 2.24) is 0 Å². The Hall–Kier alpha value is -3.43. The lowest BCUT2D eigenvalue weighted by Crippen LogP contribution is -2.55. The third-order valence-electron chi connectivity index (χ3n) is 9.22. The zero-order valence-corrected chi connectivity index (χ0v) is 25.0. The van der Waals surface area contributed by atoms with E-state index in [0.29, 0.717) is 6.61 Å². The van der Waals surface area contributed by atoms with E-state index in [-0.39, 0.29) is 34.4 Å². The molecule has 2 aromatic carbocycles. The van der Waals surface area contributed by atoms with Crippen molar-refractivity contribution < 1.29 is 58.5 Å². The average molecular weight is 628 g/mol. The topological polar surface area (TPSA) is 204 Å². The molecule has 0 amide bonds. The zero-order chi connectivity index (χ0) is 32.2. The maximum Gasteiger partial charge on any atom is 0.202 e. The second-order valence-corrected chi connectivity index (χ2v) is 12.1. The van der Waals surface area contributed by atoms with Crippen LogP contribution in [0.4, 0.5) is 0 Å². The molecule has 2 saturated heterocycles. The van der Waals surface area contributed by atoms with E-state index in [1.54, 1.807) is 6.92 Å². The van der Waals surface area contributed by atoms with Crippen LogP contribution in [0.25, 0.3) is 0 Å². The van der Waals surface area contributed by atoms with Gasteiger partial charge in [0, 0.05) is 48.6 Å². The van der Waals surface area contributed by atoms with Gasteiger partial charge in [-0.05, 0) is 32.3 Å². The second kappa shape index (κ2) is 12.1. The van der Waals surface area contributed by atoms with Crippen molar-refractivity contribution in [1.29, 1.82) is 0 Å². The molecule has 45 heavy (non-hydrogen) atoms. The van der Waals surface area contributed by atoms with Gasteiger partial charge in [-0.3, -0.25) is 14.4 Å². The summed E-state index contributed by atoms with van der Waals surface area (Å²) >= 11 is 0. The fourth-order valence-electron chi connectivity index (χ4n) is 6.95. The molecule has 0 bridgehead atoms. The van der Waals surface area contributed by atoms with E-state index in [0.717, 1.165) is 19.3 Å². The van der Waals surface area contributed by atoms with Gasteiger partial charge in [-0.25, -0.2) is 0 Å². The van der Waals surface area contributed by atoms with E-state index < -0.39 is 102 Å². The predicted molar refractivity (Wildman–Crippen MR) is 154 cm³/mol. The standard InChI is InChI=1S/C32H37NO12/c1-14-31(45-21-8-3-4-9-42-21)17(33)10-22(43-14)44-19-12-32(40,20(35)13-34)11-16-24(19)30(39)26-25(28(16)37)27(36)15-6-5-7-18(41-2)23(15)29(26)38/h5-7,14,17,19,21-22,31,34,37,39-40H,3-4,8-13,33H2,1-2H3/t14-,17-,19-,21+,22+,31+,32+/m0/s1. The van der Waals surface area contributed by atoms with Crippen LogP contribution in [0.15, 0.2) is 18.2 Å². The Balaban J connectivity index is 1.38. The molecule has 13 heteroatoms. The van der Waals surface area contributed by atoms with Gasteiger partial charge in [-0.1, -0.05) is 12.1 Å². The number of rotatable bonds is 7. The van der Waals surface area contributed by atoms with Gasteiger partial charge in [0.1, 0.15) is 35.6 Å². The number of ketones is 3. The number of carbonyl (C=O) groups excluding carboxylic acids is 3. The number of methoxy groups -OCH3 is 1. The summed E-state index contributed by atoms with van der Waals surface area (Å²) in [5.41, 5.74) is 2.98. The van der Waals surface area contributed by atoms with Crippen molar-refractivity contribution in [2.45, 2.75) is 88.0 Å². The van der Waals surface area contributed by atoms with E-state index in [4.69, 9.17) is 29.4 Å². The van der Waals surface area contributed by atoms with Gasteiger partial charge in [0.2, 0.25) is 5.78 Å². The van der Waals surface area contributed by atoms with Crippen LogP contribution in [0.2, 0.25) is 0 Å². The van der Waals surface area contributed by atoms with Crippen LogP contribution >= 0.6 is 0 Å². The number of hydrogen-bond acceptors (Lipinski definition) is 13. The van der Waals surface area contributed by atoms with Crippen LogP contribution in [-0.2, 0) is 30.2 Å². The molecule has 4 aliphatic rings. The number of nitrogens with two attached hydrogens (primary N) is 1. The summed E-state index contributed by atoms with van der Waals surface area (Å²) in [5.74, 6) is -3.67. The third kappa shape index (κ3) is 5.31. The van der Waals surface area contributed by atoms with Gasteiger partial charge in [-0.2, -0.15) is 0 Å². The van der Waals surface area contributed by atoms with Crippen LogP contribution in [0.3, 0.4) is 0 Å². The van der Waals surface area contributed by atoms with Crippen molar-refractivity contribution in [2.24, 2.45) is 5.73 Å². The molecule has 13 nitrogen and oxygen atoms in total. The van der Waals surface area contributed by atoms with E-state index in [1.165, 1.54) is 25.3 Å². The van der Waals surface area contributed by atoms with E-state index in [9.17, 15) is 34.8 Å². The number of phenolic OH excluding ortho intramolecular Hbond substituents is 2. The number of hydrogen-bond donors (Lipinski definition) is 5. The normalized spacial score (nSPS) is 31.1. The Morgan fingerprint density at radius 3 is 2.49 bits per heavy atom. The minimum absolute atomic E-state index is 0.0409. The molecule has 0 radical (unpaired) electrons. The SMILES string of the molecule is COc1cccc2c1C(=O)c1c(O)c3c(c(O)c1C2=O)C[C@](O)(C(=O)CO)C[C@@H]3O[C@@H]1C[C@H](N)[C@H](O[C@@H]2CCCCO2)[C@H](C)O1. The number of Topliss-reactive ketones (excluding diaryl/α,β-unsaturated/α-hetero) is 1. The molecule has 0 aromatic heterocycles. The van der Waals surface area contributed by atoms with Crippen LogP contribution in [0, 0.1) is 0 Å². The molecule has 2 aliphatic carbocycles. The van der Waals surface area contributed by atoms with Crippen molar-refractivity contribution in [3.05, 3.63) is 51.6 Å². The number of aliphatic hydroxyl groups is 2. The minimum Gasteiger partial charge on any atom is -0.507 e. The highest BCUT2D eigenvalue weighted by molar-refractivity contribution is 6.31. The number of aromatic hydroxyl groups is 2. The molecule has 0 unspecified atom stereocenters. The highest BCUT2D eigenvalue weighted by Crippen LogP contribution is 2.52. The van der Waals surface area contributed by atoms with Crippen molar-refractivity contribution in [2.75, 3.05) is 20.3 Å². The lowest BCUT2D eigenvalue weighted by atomic mass is 9.72. The van der Waals surface area contributed by atoms with E-state index in [2.05, 4.69) is 0 Å². The largest absolute Gasteiger partial charge is 0.507 e. The molecule has 6 rings (SSSR count). The van der Waals surface area contributed by atoms with Gasteiger partial charge < -0.3 is 49.8 Å². The molecular formula is C32H37NO12. The van der Waals surface area contributed by atoms with Crippen molar-refractivity contribution in [3.63, 3.8) is 0 Å². The first kappa shape index (κ1) is 31.5. The van der Waals surface area contributed by atoms with Gasteiger partial charge in [0.25, 0.3) is 0 Å². The summed E-state index contributed by atoms with van der Waals surface area (Å²) in [5, 5.41) is 44.2. The van der Waals surface area contributed by atoms with E-state index in [1.807, 2.05) is 0 Å². The second-order valence-electron chi connectivity index (χ2n) is 12.1. The number of benzene rings is 2. The van der Waals surface area contributed by atoms with Gasteiger partial charge in [0.05, 0.1) is 36.0 Å². The van der Waals surface area contributed by atoms with Crippen LogP contribution in [-0.4, -0.2) is 94.5 Å². The summed E-state index contributed by atoms with van der Waals surface area (Å²) in [4.78, 5) is 40.2. The zero-order valence-electron chi connectivity index (χ0n) is 25.0. The molecular weight excluding hydrogens is 590 g/mol. The third-order valence-corrected chi connectivity index (χ3v) is 9.22. The smallest absolute Gasteiger partial charge is 0.202 e. The molecule has 2 heterocycles. The summed E-state index contributed by atoms with van der Waals surface area (Å²) in [7, 11) is 1.34. The predicted octanol–water partition coefficient (Wildman–Crippen LogP) is 1.55. The van der Waals surface area contributed by atoms with Crippen molar-refractivity contribution in [3.8, 4) is 17.2 Å². The Morgan fingerprint density at radius 1 is 1.07 bits per heavy atom. The highest BCUT2D eigenvalue weighted by Gasteiger charge is 2.50. The minimum atomic E-state index is -2.24. The lowest BCUT2D eigenvalue weighted by molar-refractivity contribution is -0.281. The number of fused-ring (bicyclic) bond motifs is 3. The summed E-state index contributed by atoms with van der Waals surface area (Å²) < 4.78 is 29.5. The Morgan fingerprint density at radius 2 is 1.82 bits per heavy atom. The molecule has 2 aromatic rings. The lowest BCUT2D eigenvalue weighted by Gasteiger charge is -2.43. The summed E-state index contributed by atoms with van der Waals surface area (Å²) in [6, 6.07) is 3.86. The van der Waals surface area contributed by atoms with E-state index >= 15 is 0 Å². The van der Waals surface area contributed by atoms with Crippen molar-refractivity contribution >= 4 is 17.3 Å². The summed E-state index contributed by atoms with van der Waals surface area (Å²) in [6.07, 6.45) is -2.03. The monoisotopic (exact) mass is 627 g/mol. The molecule has 0 spiro atoms. The van der Waals surface area contributed by atoms with Gasteiger partial charge >= 0.3 is 0 Å². The molecule has 7 atom stereocenters. The number of ether oxygens (including phenoxy) is 5. The average Bonchev–Trinajstić information content (AvgIpc) is 3.02. The highest BCUT2D eigenvalue weighted by atomic mass is 16.7. The fourth-order valence-corrected chi connectivity index (χ4v) is 6.95. The van der Waals surface area contributed by atoms with Gasteiger partial charge in [0.15, 0.2) is 24.1 Å². The van der Waals surface area contributed by atoms with Crippen LogP contribution < -0.4 is 10.5 Å². The van der Waals surface area contributed by atoms with Crippen LogP contribution in [0.1, 0.15) is 88.1 Å². The van der Waals surface area contributed by atoms with Gasteiger partial charge in [-0.15, -0.1) is 0 Å². The quantitative estimate of drug-likeness (QED) is 0.236.